The number of nitrogens with zero attached hydrogens (tertiary/aromatic N) is 5. The highest BCUT2D eigenvalue weighted by Crippen LogP contribution is 2.12. The van der Waals surface area contributed by atoms with Gasteiger partial charge >= 0.3 is 0 Å². The van der Waals surface area contributed by atoms with E-state index in [-0.39, 0.29) is 0 Å². The van der Waals surface area contributed by atoms with E-state index in [4.69, 9.17) is 11.6 Å². The molecule has 2 rings (SSSR count). The lowest BCUT2D eigenvalue weighted by molar-refractivity contribution is 0.476. The zero-order chi connectivity index (χ0) is 16.7. The first kappa shape index (κ1) is 17.3. The third-order valence-corrected chi connectivity index (χ3v) is 3.65. The Hall–Kier alpha value is -2.08. The minimum Gasteiger partial charge on any atom is -0.357 e. The highest BCUT2D eigenvalue weighted by Gasteiger charge is 2.08. The number of aryl methyl sites for hydroxylation is 1. The van der Waals surface area contributed by atoms with Gasteiger partial charge in [-0.15, -0.1) is 10.2 Å². The summed E-state index contributed by atoms with van der Waals surface area (Å²) < 4.78 is 1.99. The maximum absolute atomic E-state index is 6.05. The van der Waals surface area contributed by atoms with Gasteiger partial charge in [-0.25, -0.2) is 4.99 Å². The van der Waals surface area contributed by atoms with Crippen LogP contribution in [0, 0.1) is 0 Å². The summed E-state index contributed by atoms with van der Waals surface area (Å²) >= 11 is 6.05. The van der Waals surface area contributed by atoms with Crippen LogP contribution in [0.2, 0.25) is 5.02 Å². The van der Waals surface area contributed by atoms with E-state index in [2.05, 4.69) is 45.3 Å². The van der Waals surface area contributed by atoms with Gasteiger partial charge in [0.25, 0.3) is 0 Å². The zero-order valence-corrected chi connectivity index (χ0v) is 14.6. The Morgan fingerprint density at radius 2 is 2.22 bits per heavy atom. The molecule has 0 radical (unpaired) electrons. The van der Waals surface area contributed by atoms with Gasteiger partial charge in [0.1, 0.15) is 12.9 Å². The maximum atomic E-state index is 6.05. The second-order valence-corrected chi connectivity index (χ2v) is 5.63. The molecule has 7 heteroatoms. The summed E-state index contributed by atoms with van der Waals surface area (Å²) in [5.74, 6) is 1.69. The van der Waals surface area contributed by atoms with Crippen LogP contribution in [0.15, 0.2) is 35.6 Å². The summed E-state index contributed by atoms with van der Waals surface area (Å²) in [6.45, 7) is 6.99. The molecule has 2 aromatic rings. The molecule has 6 nitrogen and oxygen atoms in total. The van der Waals surface area contributed by atoms with E-state index in [1.54, 1.807) is 6.33 Å². The molecule has 1 aromatic heterocycles. The minimum atomic E-state index is 0.496. The number of rotatable bonds is 6. The van der Waals surface area contributed by atoms with E-state index in [0.29, 0.717) is 6.54 Å². The van der Waals surface area contributed by atoms with E-state index in [9.17, 15) is 0 Å². The number of halogens is 1. The van der Waals surface area contributed by atoms with E-state index < -0.39 is 0 Å². The lowest BCUT2D eigenvalue weighted by Gasteiger charge is -2.22. The smallest absolute Gasteiger partial charge is 0.194 e. The Morgan fingerprint density at radius 1 is 1.39 bits per heavy atom. The number of benzene rings is 1. The molecule has 0 bridgehead atoms. The Bertz CT molecular complexity index is 652. The van der Waals surface area contributed by atoms with Crippen LogP contribution >= 0.6 is 11.6 Å². The number of hydrogen-bond donors (Lipinski definition) is 1. The van der Waals surface area contributed by atoms with Gasteiger partial charge in [0.2, 0.25) is 0 Å². The third-order valence-electron chi connectivity index (χ3n) is 3.41. The molecule has 0 saturated heterocycles. The molecular weight excluding hydrogens is 312 g/mol. The van der Waals surface area contributed by atoms with Crippen molar-refractivity contribution in [1.29, 1.82) is 0 Å². The van der Waals surface area contributed by atoms with Crippen LogP contribution in [0.25, 0.3) is 0 Å². The molecule has 0 unspecified atom stereocenters. The largest absolute Gasteiger partial charge is 0.357 e. The van der Waals surface area contributed by atoms with Crippen LogP contribution < -0.4 is 5.32 Å². The molecule has 0 aliphatic rings. The average molecular weight is 335 g/mol. The highest BCUT2D eigenvalue weighted by atomic mass is 35.5. The fourth-order valence-corrected chi connectivity index (χ4v) is 2.48. The number of guanidine groups is 1. The second-order valence-electron chi connectivity index (χ2n) is 5.19. The summed E-state index contributed by atoms with van der Waals surface area (Å²) in [6.07, 6.45) is 1.73. The highest BCUT2D eigenvalue weighted by molar-refractivity contribution is 6.30. The van der Waals surface area contributed by atoms with Gasteiger partial charge in [0.05, 0.1) is 0 Å². The second kappa shape index (κ2) is 8.53. The number of aromatic nitrogens is 3. The molecule has 1 aromatic carbocycles. The van der Waals surface area contributed by atoms with Gasteiger partial charge < -0.3 is 14.8 Å². The Kier molecular flexibility index (Phi) is 6.40. The normalized spacial score (nSPS) is 11.6. The quantitative estimate of drug-likeness (QED) is 0.651. The Balaban J connectivity index is 2.08. The van der Waals surface area contributed by atoms with Gasteiger partial charge in [-0.2, -0.15) is 0 Å². The summed E-state index contributed by atoms with van der Waals surface area (Å²) in [5, 5.41) is 12.1. The molecular formula is C16H23ClN6. The molecule has 0 spiro atoms. The lowest BCUT2D eigenvalue weighted by Crippen LogP contribution is -2.38. The van der Waals surface area contributed by atoms with E-state index >= 15 is 0 Å². The third kappa shape index (κ3) is 4.96. The first-order chi connectivity index (χ1) is 11.1. The van der Waals surface area contributed by atoms with E-state index in [1.165, 1.54) is 0 Å². The zero-order valence-electron chi connectivity index (χ0n) is 13.8. The van der Waals surface area contributed by atoms with Gasteiger partial charge in [-0.3, -0.25) is 0 Å². The summed E-state index contributed by atoms with van der Waals surface area (Å²) in [4.78, 5) is 6.73. The van der Waals surface area contributed by atoms with Gasteiger partial charge in [-0.05, 0) is 31.5 Å². The number of aliphatic imine (C=N–C) groups is 1. The first-order valence-corrected chi connectivity index (χ1v) is 8.12. The molecule has 0 fully saturated rings. The Labute approximate surface area is 142 Å². The van der Waals surface area contributed by atoms with Crippen molar-refractivity contribution in [2.24, 2.45) is 4.99 Å². The van der Waals surface area contributed by atoms with Crippen molar-refractivity contribution in [2.45, 2.75) is 33.5 Å². The molecule has 0 aliphatic heterocycles. The molecule has 124 valence electrons. The van der Waals surface area contributed by atoms with Crippen molar-refractivity contribution >= 4 is 17.6 Å². The molecule has 0 saturated carbocycles. The summed E-state index contributed by atoms with van der Waals surface area (Å²) in [6, 6.07) is 7.86. The van der Waals surface area contributed by atoms with Crippen molar-refractivity contribution in [1.82, 2.24) is 25.0 Å². The fourth-order valence-electron chi connectivity index (χ4n) is 2.26. The van der Waals surface area contributed by atoms with Crippen LogP contribution in [0.4, 0.5) is 0 Å². The Morgan fingerprint density at radius 3 is 2.91 bits per heavy atom. The predicted molar refractivity (Wildman–Crippen MR) is 93.4 cm³/mol. The van der Waals surface area contributed by atoms with Crippen LogP contribution in [0.5, 0.6) is 0 Å². The van der Waals surface area contributed by atoms with E-state index in [0.717, 1.165) is 42.0 Å². The van der Waals surface area contributed by atoms with Crippen molar-refractivity contribution in [2.75, 3.05) is 13.6 Å². The monoisotopic (exact) mass is 334 g/mol. The molecule has 1 N–H and O–H groups in total. The maximum Gasteiger partial charge on any atom is 0.194 e. The molecule has 0 amide bonds. The standard InChI is InChI=1S/C16H23ClN6/c1-4-18-16(19-10-15-21-20-12-23(15)5-2)22(3)11-13-7-6-8-14(17)9-13/h6-9,12H,4-5,10-11H2,1-3H3,(H,18,19). The lowest BCUT2D eigenvalue weighted by atomic mass is 10.2. The molecule has 0 aliphatic carbocycles. The van der Waals surface area contributed by atoms with Crippen molar-refractivity contribution < 1.29 is 0 Å². The SMILES string of the molecule is CCNC(=NCc1nncn1CC)N(C)Cc1cccc(Cl)c1. The van der Waals surface area contributed by atoms with Crippen LogP contribution in [-0.2, 0) is 19.6 Å². The van der Waals surface area contributed by atoms with E-state index in [1.807, 2.05) is 29.8 Å². The van der Waals surface area contributed by atoms with Gasteiger partial charge in [0, 0.05) is 31.7 Å². The molecule has 0 atom stereocenters. The van der Waals surface area contributed by atoms with Gasteiger partial charge in [-0.1, -0.05) is 23.7 Å². The number of hydrogen-bond acceptors (Lipinski definition) is 3. The predicted octanol–water partition coefficient (Wildman–Crippen LogP) is 2.55. The molecule has 23 heavy (non-hydrogen) atoms. The minimum absolute atomic E-state index is 0.496. The summed E-state index contributed by atoms with van der Waals surface area (Å²) in [5.41, 5.74) is 1.14. The topological polar surface area (TPSA) is 58.3 Å². The van der Waals surface area contributed by atoms with Crippen molar-refractivity contribution in [3.8, 4) is 0 Å². The van der Waals surface area contributed by atoms with Crippen molar-refractivity contribution in [3.63, 3.8) is 0 Å². The first-order valence-electron chi connectivity index (χ1n) is 7.74. The van der Waals surface area contributed by atoms with Crippen LogP contribution in [-0.4, -0.2) is 39.2 Å². The van der Waals surface area contributed by atoms with Crippen LogP contribution in [0.1, 0.15) is 25.2 Å². The summed E-state index contributed by atoms with van der Waals surface area (Å²) in [7, 11) is 2.01. The van der Waals surface area contributed by atoms with Gasteiger partial charge in [0.15, 0.2) is 11.8 Å². The average Bonchev–Trinajstić information content (AvgIpc) is 2.98. The van der Waals surface area contributed by atoms with Crippen LogP contribution in [0.3, 0.4) is 0 Å². The fraction of sp³-hybridized carbons (Fsp3) is 0.438. The number of nitrogens with one attached hydrogen (secondary N) is 1. The van der Waals surface area contributed by atoms with Crippen molar-refractivity contribution in [3.05, 3.63) is 47.0 Å². The molecule has 1 heterocycles.